The minimum absolute atomic E-state index is 0.00807. The predicted octanol–water partition coefficient (Wildman–Crippen LogP) is 18.7. The average molecular weight is 935 g/mol. The van der Waals surface area contributed by atoms with Crippen LogP contribution in [0, 0.1) is 0 Å². The minimum atomic E-state index is -0.676. The molecule has 6 heteroatoms. The first kappa shape index (κ1) is 64.9. The molecule has 66 heavy (non-hydrogen) atoms. The maximum atomic E-state index is 12.5. The van der Waals surface area contributed by atoms with Gasteiger partial charge in [-0.25, -0.2) is 0 Å². The summed E-state index contributed by atoms with van der Waals surface area (Å²) in [5, 5.41) is 23.3. The van der Waals surface area contributed by atoms with Gasteiger partial charge in [-0.3, -0.25) is 9.59 Å². The molecule has 0 aromatic heterocycles. The Morgan fingerprint density at radius 3 is 0.924 bits per heavy atom. The molecule has 0 aliphatic rings. The van der Waals surface area contributed by atoms with Crippen molar-refractivity contribution in [3.05, 3.63) is 0 Å². The van der Waals surface area contributed by atoms with E-state index in [9.17, 15) is 19.8 Å². The Hall–Kier alpha value is -1.14. The number of aliphatic hydroxyl groups is 2. The Balaban J connectivity index is 3.43. The molecule has 0 aromatic rings. The first-order valence-corrected chi connectivity index (χ1v) is 30.3. The van der Waals surface area contributed by atoms with Crippen LogP contribution in [0.5, 0.6) is 0 Å². The van der Waals surface area contributed by atoms with E-state index in [-0.39, 0.29) is 18.5 Å². The number of aliphatic hydroxyl groups excluding tert-OH is 2. The fourth-order valence-corrected chi connectivity index (χ4v) is 9.76. The van der Waals surface area contributed by atoms with E-state index in [0.717, 1.165) is 57.8 Å². The highest BCUT2D eigenvalue weighted by molar-refractivity contribution is 5.76. The topological polar surface area (TPSA) is 95.9 Å². The summed E-state index contributed by atoms with van der Waals surface area (Å²) in [4.78, 5) is 24.6. The Morgan fingerprint density at radius 1 is 0.364 bits per heavy atom. The maximum Gasteiger partial charge on any atom is 0.305 e. The molecule has 0 spiro atoms. The summed E-state index contributed by atoms with van der Waals surface area (Å²) in [5.74, 6) is -0.0569. The SMILES string of the molecule is CCCCCCCCCCCCCCCCCCCCCCCC(O)C(CO)NC(=O)CCCCCCCCCCCCCOC(=O)CCCCCCCCCCCCCCCCCCC. The Morgan fingerprint density at radius 2 is 0.621 bits per heavy atom. The van der Waals surface area contributed by atoms with E-state index in [1.165, 1.54) is 257 Å². The number of amides is 1. The van der Waals surface area contributed by atoms with Gasteiger partial charge in [-0.05, 0) is 25.7 Å². The van der Waals surface area contributed by atoms with Gasteiger partial charge in [0.15, 0.2) is 0 Å². The summed E-state index contributed by atoms with van der Waals surface area (Å²) in [5.41, 5.74) is 0. The molecule has 0 fully saturated rings. The lowest BCUT2D eigenvalue weighted by Gasteiger charge is -2.22. The van der Waals surface area contributed by atoms with E-state index in [4.69, 9.17) is 4.74 Å². The molecular weight excluding hydrogens is 815 g/mol. The van der Waals surface area contributed by atoms with E-state index >= 15 is 0 Å². The van der Waals surface area contributed by atoms with Crippen molar-refractivity contribution in [3.63, 3.8) is 0 Å². The molecule has 0 aliphatic carbocycles. The van der Waals surface area contributed by atoms with E-state index in [1.54, 1.807) is 0 Å². The summed E-state index contributed by atoms with van der Waals surface area (Å²) in [6.45, 7) is 4.95. The van der Waals surface area contributed by atoms with Crippen LogP contribution in [0.4, 0.5) is 0 Å². The zero-order chi connectivity index (χ0) is 47.9. The second kappa shape index (κ2) is 56.4. The van der Waals surface area contributed by atoms with E-state index in [0.29, 0.717) is 25.9 Å². The van der Waals surface area contributed by atoms with Crippen LogP contribution < -0.4 is 5.32 Å². The predicted molar refractivity (Wildman–Crippen MR) is 287 cm³/mol. The second-order valence-corrected chi connectivity index (χ2v) is 21.1. The van der Waals surface area contributed by atoms with Crippen molar-refractivity contribution in [1.29, 1.82) is 0 Å². The number of ether oxygens (including phenoxy) is 1. The van der Waals surface area contributed by atoms with Crippen molar-refractivity contribution in [2.75, 3.05) is 13.2 Å². The minimum Gasteiger partial charge on any atom is -0.466 e. The van der Waals surface area contributed by atoms with E-state index in [2.05, 4.69) is 19.2 Å². The van der Waals surface area contributed by atoms with Crippen LogP contribution in [-0.4, -0.2) is 47.4 Å². The Labute approximate surface area is 413 Å². The molecule has 0 aliphatic heterocycles. The summed E-state index contributed by atoms with van der Waals surface area (Å²) in [7, 11) is 0. The van der Waals surface area contributed by atoms with Gasteiger partial charge in [0.05, 0.1) is 25.4 Å². The lowest BCUT2D eigenvalue weighted by atomic mass is 10.0. The number of nitrogens with one attached hydrogen (secondary N) is 1. The number of carbonyl (C=O) groups is 2. The molecule has 2 unspecified atom stereocenters. The van der Waals surface area contributed by atoms with Crippen LogP contribution in [0.3, 0.4) is 0 Å². The van der Waals surface area contributed by atoms with Crippen LogP contribution in [0.1, 0.15) is 348 Å². The van der Waals surface area contributed by atoms with Gasteiger partial charge in [-0.15, -0.1) is 0 Å². The van der Waals surface area contributed by atoms with Gasteiger partial charge in [0.2, 0.25) is 5.91 Å². The lowest BCUT2D eigenvalue weighted by molar-refractivity contribution is -0.143. The normalized spacial score (nSPS) is 12.5. The van der Waals surface area contributed by atoms with Crippen LogP contribution in [0.25, 0.3) is 0 Å². The van der Waals surface area contributed by atoms with Gasteiger partial charge in [0.1, 0.15) is 0 Å². The van der Waals surface area contributed by atoms with Gasteiger partial charge >= 0.3 is 5.97 Å². The van der Waals surface area contributed by atoms with Crippen molar-refractivity contribution >= 4 is 11.9 Å². The van der Waals surface area contributed by atoms with Crippen molar-refractivity contribution in [1.82, 2.24) is 5.32 Å². The summed E-state index contributed by atoms with van der Waals surface area (Å²) in [6.07, 6.45) is 65.2. The highest BCUT2D eigenvalue weighted by Gasteiger charge is 2.20. The molecule has 3 N–H and O–H groups in total. The summed E-state index contributed by atoms with van der Waals surface area (Å²) >= 11 is 0. The van der Waals surface area contributed by atoms with Crippen LogP contribution >= 0.6 is 0 Å². The third-order valence-electron chi connectivity index (χ3n) is 14.4. The number of esters is 1. The fourth-order valence-electron chi connectivity index (χ4n) is 9.76. The average Bonchev–Trinajstić information content (AvgIpc) is 3.32. The molecule has 1 amide bonds. The van der Waals surface area contributed by atoms with Crippen LogP contribution in [-0.2, 0) is 14.3 Å². The van der Waals surface area contributed by atoms with Gasteiger partial charge in [-0.2, -0.15) is 0 Å². The van der Waals surface area contributed by atoms with Crippen molar-refractivity contribution in [3.8, 4) is 0 Å². The van der Waals surface area contributed by atoms with Crippen molar-refractivity contribution in [2.24, 2.45) is 0 Å². The number of rotatable bonds is 57. The molecule has 0 bridgehead atoms. The Bertz CT molecular complexity index is 944. The first-order chi connectivity index (χ1) is 32.5. The van der Waals surface area contributed by atoms with Crippen LogP contribution in [0.15, 0.2) is 0 Å². The van der Waals surface area contributed by atoms with E-state index in [1.807, 2.05) is 0 Å². The highest BCUT2D eigenvalue weighted by Crippen LogP contribution is 2.18. The van der Waals surface area contributed by atoms with Crippen molar-refractivity contribution in [2.45, 2.75) is 360 Å². The quantitative estimate of drug-likeness (QED) is 0.0417. The fraction of sp³-hybridized carbons (Fsp3) is 0.967. The number of hydrogen-bond donors (Lipinski definition) is 3. The third-order valence-corrected chi connectivity index (χ3v) is 14.4. The largest absolute Gasteiger partial charge is 0.466 e. The molecule has 0 rings (SSSR count). The molecule has 0 aromatic carbocycles. The van der Waals surface area contributed by atoms with Crippen molar-refractivity contribution < 1.29 is 24.5 Å². The molecule has 0 saturated carbocycles. The standard InChI is InChI=1S/C60H119NO5/c1-3-5-7-9-11-13-15-17-19-21-22-23-24-26-27-29-32-36-40-44-48-52-58(63)57(56-62)61-59(64)53-49-45-41-37-33-31-35-39-43-47-51-55-66-60(65)54-50-46-42-38-34-30-28-25-20-18-16-14-12-10-8-6-4-2/h57-58,62-63H,3-56H2,1-2H3,(H,61,64). The molecule has 394 valence electrons. The first-order valence-electron chi connectivity index (χ1n) is 30.3. The number of unbranched alkanes of at least 4 members (excludes halogenated alkanes) is 46. The van der Waals surface area contributed by atoms with E-state index < -0.39 is 12.1 Å². The monoisotopic (exact) mass is 934 g/mol. The summed E-state index contributed by atoms with van der Waals surface area (Å²) < 4.78 is 5.48. The molecule has 0 radical (unpaired) electrons. The lowest BCUT2D eigenvalue weighted by Crippen LogP contribution is -2.45. The zero-order valence-corrected chi connectivity index (χ0v) is 45.0. The number of carbonyl (C=O) groups excluding carboxylic acids is 2. The van der Waals surface area contributed by atoms with Gasteiger partial charge in [0.25, 0.3) is 0 Å². The molecule has 2 atom stereocenters. The third kappa shape index (κ3) is 52.2. The zero-order valence-electron chi connectivity index (χ0n) is 45.0. The molecule has 6 nitrogen and oxygen atoms in total. The summed E-state index contributed by atoms with van der Waals surface area (Å²) in [6, 6.07) is -0.555. The van der Waals surface area contributed by atoms with Gasteiger partial charge < -0.3 is 20.3 Å². The van der Waals surface area contributed by atoms with Gasteiger partial charge in [-0.1, -0.05) is 309 Å². The van der Waals surface area contributed by atoms with Gasteiger partial charge in [0, 0.05) is 12.8 Å². The van der Waals surface area contributed by atoms with Crippen LogP contribution in [0.2, 0.25) is 0 Å². The molecular formula is C60H119NO5. The smallest absolute Gasteiger partial charge is 0.305 e. The highest BCUT2D eigenvalue weighted by atomic mass is 16.5. The molecule has 0 heterocycles. The Kier molecular flexibility index (Phi) is 55.5. The second-order valence-electron chi connectivity index (χ2n) is 21.1. The molecule has 0 saturated heterocycles. The number of hydrogen-bond acceptors (Lipinski definition) is 5. The maximum absolute atomic E-state index is 12.5.